The lowest BCUT2D eigenvalue weighted by atomic mass is 10.2. The number of thioether (sulfide) groups is 1. The maximum absolute atomic E-state index is 13.4. The maximum atomic E-state index is 13.4. The summed E-state index contributed by atoms with van der Waals surface area (Å²) in [6, 6.07) is 24.2. The van der Waals surface area contributed by atoms with Gasteiger partial charge in [0.05, 0.1) is 29.9 Å². The van der Waals surface area contributed by atoms with Crippen molar-refractivity contribution in [1.29, 1.82) is 0 Å². The molecular weight excluding hydrogens is 483 g/mol. The van der Waals surface area contributed by atoms with Gasteiger partial charge in [-0.3, -0.25) is 9.69 Å². The number of benzene rings is 3. The van der Waals surface area contributed by atoms with Crippen molar-refractivity contribution >= 4 is 63.0 Å². The highest BCUT2D eigenvalue weighted by atomic mass is 32.2. The number of hydrogen-bond donors (Lipinski definition) is 0. The number of methoxy groups -OCH3 is 1. The van der Waals surface area contributed by atoms with E-state index in [9.17, 15) is 4.79 Å². The van der Waals surface area contributed by atoms with Crippen LogP contribution in [0.1, 0.15) is 0 Å². The molecule has 2 heterocycles. The average molecular weight is 508 g/mol. The number of nitrogens with zero attached hydrogens (tertiary/aromatic N) is 3. The predicted molar refractivity (Wildman–Crippen MR) is 146 cm³/mol. The van der Waals surface area contributed by atoms with E-state index in [0.29, 0.717) is 5.75 Å². The molecule has 174 valence electrons. The van der Waals surface area contributed by atoms with Crippen molar-refractivity contribution in [2.75, 3.05) is 48.8 Å². The van der Waals surface area contributed by atoms with Crippen LogP contribution in [0.4, 0.5) is 17.1 Å². The fraction of sp³-hybridized carbons (Fsp3) is 0.231. The van der Waals surface area contributed by atoms with Crippen molar-refractivity contribution in [2.45, 2.75) is 9.79 Å². The van der Waals surface area contributed by atoms with Crippen molar-refractivity contribution in [2.24, 2.45) is 0 Å². The van der Waals surface area contributed by atoms with Gasteiger partial charge < -0.3 is 14.5 Å². The Labute approximate surface area is 214 Å². The van der Waals surface area contributed by atoms with Gasteiger partial charge in [-0.15, -0.1) is 0 Å². The van der Waals surface area contributed by atoms with E-state index in [1.54, 1.807) is 18.9 Å². The zero-order chi connectivity index (χ0) is 23.5. The molecule has 0 atom stereocenters. The SMILES string of the molecule is COc1ccccc1N1CCN(C(=S)SCC(=O)N2c3ccccc3Sc3ccccc32)CC1. The summed E-state index contributed by atoms with van der Waals surface area (Å²) in [5.41, 5.74) is 2.99. The van der Waals surface area contributed by atoms with E-state index in [4.69, 9.17) is 17.0 Å². The Morgan fingerprint density at radius 3 is 2.06 bits per heavy atom. The van der Waals surface area contributed by atoms with E-state index in [2.05, 4.69) is 28.0 Å². The van der Waals surface area contributed by atoms with Gasteiger partial charge >= 0.3 is 0 Å². The molecule has 5 nitrogen and oxygen atoms in total. The first-order valence-electron chi connectivity index (χ1n) is 11.1. The minimum atomic E-state index is 0.0419. The number of piperazine rings is 1. The van der Waals surface area contributed by atoms with Gasteiger partial charge in [-0.1, -0.05) is 72.1 Å². The van der Waals surface area contributed by atoms with E-state index in [1.807, 2.05) is 59.5 Å². The number of anilines is 3. The summed E-state index contributed by atoms with van der Waals surface area (Å²) in [5.74, 6) is 1.23. The van der Waals surface area contributed by atoms with Crippen LogP contribution in [0.3, 0.4) is 0 Å². The first kappa shape index (κ1) is 23.1. The summed E-state index contributed by atoms with van der Waals surface area (Å²) >= 11 is 8.88. The van der Waals surface area contributed by atoms with Crippen LogP contribution >= 0.6 is 35.7 Å². The Balaban J connectivity index is 1.22. The molecule has 2 aliphatic rings. The van der Waals surface area contributed by atoms with Crippen LogP contribution in [0, 0.1) is 0 Å². The second-order valence-corrected chi connectivity index (χ2v) is 10.7. The number of para-hydroxylation sites is 4. The molecular formula is C26H25N3O2S3. The third-order valence-electron chi connectivity index (χ3n) is 5.96. The Morgan fingerprint density at radius 1 is 0.882 bits per heavy atom. The zero-order valence-electron chi connectivity index (χ0n) is 18.8. The van der Waals surface area contributed by atoms with Crippen LogP contribution in [0.15, 0.2) is 82.6 Å². The number of carbonyl (C=O) groups is 1. The standard InChI is InChI=1S/C26H25N3O2S3/c1-31-22-11-5-2-8-19(22)27-14-16-28(17-15-27)26(32)33-18-25(30)29-20-9-3-6-12-23(20)34-24-13-7-4-10-21(24)29/h2-13H,14-18H2,1H3. The average Bonchev–Trinajstić information content (AvgIpc) is 2.90. The van der Waals surface area contributed by atoms with E-state index >= 15 is 0 Å². The Kier molecular flexibility index (Phi) is 6.99. The molecule has 0 radical (unpaired) electrons. The molecule has 3 aromatic rings. The molecule has 3 aromatic carbocycles. The van der Waals surface area contributed by atoms with Crippen LogP contribution in [0.2, 0.25) is 0 Å². The smallest absolute Gasteiger partial charge is 0.242 e. The largest absolute Gasteiger partial charge is 0.495 e. The molecule has 1 saturated heterocycles. The van der Waals surface area contributed by atoms with E-state index in [-0.39, 0.29) is 5.91 Å². The van der Waals surface area contributed by atoms with E-state index in [0.717, 1.165) is 63.1 Å². The summed E-state index contributed by atoms with van der Waals surface area (Å²) in [6.07, 6.45) is 0. The molecule has 2 aliphatic heterocycles. The van der Waals surface area contributed by atoms with Crippen molar-refractivity contribution in [3.05, 3.63) is 72.8 Å². The van der Waals surface area contributed by atoms with Gasteiger partial charge in [0.25, 0.3) is 0 Å². The van der Waals surface area contributed by atoms with Gasteiger partial charge in [0.15, 0.2) is 0 Å². The molecule has 0 N–H and O–H groups in total. The number of carbonyl (C=O) groups excluding carboxylic acids is 1. The molecule has 1 amide bonds. The van der Waals surface area contributed by atoms with Crippen LogP contribution < -0.4 is 14.5 Å². The minimum Gasteiger partial charge on any atom is -0.495 e. The van der Waals surface area contributed by atoms with Gasteiger partial charge in [-0.25, -0.2) is 0 Å². The van der Waals surface area contributed by atoms with Gasteiger partial charge in [0.2, 0.25) is 5.91 Å². The van der Waals surface area contributed by atoms with Gasteiger partial charge in [0, 0.05) is 36.0 Å². The van der Waals surface area contributed by atoms with Crippen molar-refractivity contribution in [3.63, 3.8) is 0 Å². The maximum Gasteiger partial charge on any atom is 0.242 e. The summed E-state index contributed by atoms with van der Waals surface area (Å²) in [7, 11) is 1.70. The molecule has 0 spiro atoms. The third kappa shape index (κ3) is 4.62. The third-order valence-corrected chi connectivity index (χ3v) is 8.60. The number of amides is 1. The summed E-state index contributed by atoms with van der Waals surface area (Å²) in [4.78, 5) is 22.0. The number of fused-ring (bicyclic) bond motifs is 2. The highest BCUT2D eigenvalue weighted by Gasteiger charge is 2.28. The molecule has 1 fully saturated rings. The number of thiocarbonyl (C=S) groups is 1. The van der Waals surface area contributed by atoms with E-state index in [1.165, 1.54) is 11.8 Å². The first-order valence-corrected chi connectivity index (χ1v) is 13.4. The topological polar surface area (TPSA) is 36.0 Å². The fourth-order valence-corrected chi connectivity index (χ4v) is 6.43. The Morgan fingerprint density at radius 2 is 1.44 bits per heavy atom. The fourth-order valence-electron chi connectivity index (χ4n) is 4.27. The van der Waals surface area contributed by atoms with Crippen molar-refractivity contribution in [1.82, 2.24) is 4.90 Å². The molecule has 0 bridgehead atoms. The molecule has 0 aliphatic carbocycles. The second-order valence-electron chi connectivity index (χ2n) is 7.97. The lowest BCUT2D eigenvalue weighted by Crippen LogP contribution is -2.48. The first-order chi connectivity index (χ1) is 16.7. The lowest BCUT2D eigenvalue weighted by molar-refractivity contribution is -0.115. The number of ether oxygens (including phenoxy) is 1. The number of hydrogen-bond acceptors (Lipinski definition) is 6. The highest BCUT2D eigenvalue weighted by molar-refractivity contribution is 8.23. The molecule has 8 heteroatoms. The van der Waals surface area contributed by atoms with Crippen LogP contribution in [0.5, 0.6) is 5.75 Å². The Bertz CT molecular complexity index is 1170. The predicted octanol–water partition coefficient (Wildman–Crippen LogP) is 5.66. The quantitative estimate of drug-likeness (QED) is 0.422. The lowest BCUT2D eigenvalue weighted by Gasteiger charge is -2.37. The molecule has 0 saturated carbocycles. The minimum absolute atomic E-state index is 0.0419. The zero-order valence-corrected chi connectivity index (χ0v) is 21.3. The van der Waals surface area contributed by atoms with Crippen LogP contribution in [0.25, 0.3) is 0 Å². The Hall–Kier alpha value is -2.68. The van der Waals surface area contributed by atoms with E-state index < -0.39 is 0 Å². The molecule has 34 heavy (non-hydrogen) atoms. The van der Waals surface area contributed by atoms with Gasteiger partial charge in [-0.2, -0.15) is 0 Å². The van der Waals surface area contributed by atoms with Gasteiger partial charge in [-0.05, 0) is 36.4 Å². The molecule has 0 unspecified atom stereocenters. The summed E-state index contributed by atoms with van der Waals surface area (Å²) < 4.78 is 6.30. The normalized spacial score (nSPS) is 14.9. The summed E-state index contributed by atoms with van der Waals surface area (Å²) in [5, 5.41) is 0. The van der Waals surface area contributed by atoms with Gasteiger partial charge in [0.1, 0.15) is 10.1 Å². The highest BCUT2D eigenvalue weighted by Crippen LogP contribution is 2.48. The second kappa shape index (κ2) is 10.3. The van der Waals surface area contributed by atoms with Crippen molar-refractivity contribution in [3.8, 4) is 5.75 Å². The molecule has 0 aromatic heterocycles. The molecule has 5 rings (SSSR count). The van der Waals surface area contributed by atoms with Crippen LogP contribution in [-0.2, 0) is 4.79 Å². The van der Waals surface area contributed by atoms with Crippen molar-refractivity contribution < 1.29 is 9.53 Å². The number of rotatable bonds is 4. The van der Waals surface area contributed by atoms with Crippen LogP contribution in [-0.4, -0.2) is 54.2 Å². The summed E-state index contributed by atoms with van der Waals surface area (Å²) in [6.45, 7) is 3.37. The monoisotopic (exact) mass is 507 g/mol.